The maximum Gasteiger partial charge on any atom is 0.251 e. The van der Waals surface area contributed by atoms with E-state index in [0.717, 1.165) is 29.7 Å². The van der Waals surface area contributed by atoms with Crippen LogP contribution in [0.4, 0.5) is 0 Å². The molecule has 100 valence electrons. The highest BCUT2D eigenvalue weighted by Gasteiger charge is 2.08. The van der Waals surface area contributed by atoms with Crippen molar-refractivity contribution in [1.29, 1.82) is 0 Å². The lowest BCUT2D eigenvalue weighted by atomic mass is 10.1. The molecule has 0 aliphatic carbocycles. The van der Waals surface area contributed by atoms with Crippen LogP contribution in [0.2, 0.25) is 0 Å². The zero-order valence-electron chi connectivity index (χ0n) is 11.4. The van der Waals surface area contributed by atoms with Crippen molar-refractivity contribution >= 4 is 5.91 Å². The van der Waals surface area contributed by atoms with Crippen LogP contribution < -0.4 is 5.32 Å². The number of nitrogens with one attached hydrogen (secondary N) is 1. The van der Waals surface area contributed by atoms with Crippen LogP contribution in [-0.4, -0.2) is 12.5 Å². The van der Waals surface area contributed by atoms with Gasteiger partial charge in [0.05, 0.1) is 6.26 Å². The standard InChI is InChI=1S/C16H19NO2/c1-12-7-8-15(13(2)11-12)16(18)17-9-3-5-14-6-4-10-19-14/h4,6-8,10-11H,3,5,9H2,1-2H3,(H,17,18). The first kappa shape index (κ1) is 13.4. The second kappa shape index (κ2) is 6.23. The van der Waals surface area contributed by atoms with Gasteiger partial charge in [0.25, 0.3) is 5.91 Å². The van der Waals surface area contributed by atoms with Crippen molar-refractivity contribution < 1.29 is 9.21 Å². The number of carbonyl (C=O) groups excluding carboxylic acids is 1. The average Bonchev–Trinajstić information content (AvgIpc) is 2.87. The molecule has 19 heavy (non-hydrogen) atoms. The molecule has 0 aliphatic heterocycles. The van der Waals surface area contributed by atoms with E-state index in [9.17, 15) is 4.79 Å². The van der Waals surface area contributed by atoms with Crippen molar-refractivity contribution in [3.05, 3.63) is 59.0 Å². The van der Waals surface area contributed by atoms with E-state index >= 15 is 0 Å². The first-order chi connectivity index (χ1) is 9.16. The van der Waals surface area contributed by atoms with Gasteiger partial charge in [0.1, 0.15) is 5.76 Å². The van der Waals surface area contributed by atoms with Gasteiger partial charge in [-0.15, -0.1) is 0 Å². The molecule has 1 N–H and O–H groups in total. The number of amides is 1. The van der Waals surface area contributed by atoms with Gasteiger partial charge in [-0.1, -0.05) is 17.7 Å². The summed E-state index contributed by atoms with van der Waals surface area (Å²) in [6.07, 6.45) is 3.40. The van der Waals surface area contributed by atoms with Gasteiger partial charge in [-0.25, -0.2) is 0 Å². The summed E-state index contributed by atoms with van der Waals surface area (Å²) >= 11 is 0. The fraction of sp³-hybridized carbons (Fsp3) is 0.312. The molecular formula is C16H19NO2. The molecule has 3 heteroatoms. The van der Waals surface area contributed by atoms with Crippen molar-refractivity contribution in [2.75, 3.05) is 6.54 Å². The van der Waals surface area contributed by atoms with E-state index in [-0.39, 0.29) is 5.91 Å². The summed E-state index contributed by atoms with van der Waals surface area (Å²) in [6.45, 7) is 4.65. The second-order valence-electron chi connectivity index (χ2n) is 4.76. The first-order valence-corrected chi connectivity index (χ1v) is 6.54. The summed E-state index contributed by atoms with van der Waals surface area (Å²) in [5.41, 5.74) is 2.94. The van der Waals surface area contributed by atoms with Gasteiger partial charge >= 0.3 is 0 Å². The van der Waals surface area contributed by atoms with E-state index in [1.165, 1.54) is 5.56 Å². The highest BCUT2D eigenvalue weighted by Crippen LogP contribution is 2.10. The molecular weight excluding hydrogens is 238 g/mol. The van der Waals surface area contributed by atoms with Crippen LogP contribution in [0, 0.1) is 13.8 Å². The average molecular weight is 257 g/mol. The molecule has 0 aliphatic rings. The molecule has 3 nitrogen and oxygen atoms in total. The Kier molecular flexibility index (Phi) is 4.39. The Balaban J connectivity index is 1.81. The summed E-state index contributed by atoms with van der Waals surface area (Å²) in [7, 11) is 0. The van der Waals surface area contributed by atoms with Gasteiger partial charge < -0.3 is 9.73 Å². The lowest BCUT2D eigenvalue weighted by molar-refractivity contribution is 0.0952. The minimum Gasteiger partial charge on any atom is -0.469 e. The Bertz CT molecular complexity index is 544. The minimum atomic E-state index is -0.00283. The second-order valence-corrected chi connectivity index (χ2v) is 4.76. The zero-order chi connectivity index (χ0) is 13.7. The Morgan fingerprint density at radius 2 is 2.11 bits per heavy atom. The highest BCUT2D eigenvalue weighted by atomic mass is 16.3. The smallest absolute Gasteiger partial charge is 0.251 e. The number of aryl methyl sites for hydroxylation is 3. The Labute approximate surface area is 113 Å². The van der Waals surface area contributed by atoms with E-state index in [1.54, 1.807) is 6.26 Å². The number of hydrogen-bond donors (Lipinski definition) is 1. The van der Waals surface area contributed by atoms with Crippen LogP contribution in [-0.2, 0) is 6.42 Å². The van der Waals surface area contributed by atoms with E-state index < -0.39 is 0 Å². The number of carbonyl (C=O) groups is 1. The number of hydrogen-bond acceptors (Lipinski definition) is 2. The molecule has 2 aromatic rings. The zero-order valence-corrected chi connectivity index (χ0v) is 11.4. The lowest BCUT2D eigenvalue weighted by Crippen LogP contribution is -2.25. The molecule has 0 radical (unpaired) electrons. The molecule has 0 atom stereocenters. The molecule has 0 bridgehead atoms. The first-order valence-electron chi connectivity index (χ1n) is 6.54. The molecule has 0 saturated carbocycles. The van der Waals surface area contributed by atoms with Crippen LogP contribution >= 0.6 is 0 Å². The maximum absolute atomic E-state index is 12.0. The fourth-order valence-electron chi connectivity index (χ4n) is 2.08. The monoisotopic (exact) mass is 257 g/mol. The fourth-order valence-corrected chi connectivity index (χ4v) is 2.08. The van der Waals surface area contributed by atoms with Gasteiger partial charge in [0.15, 0.2) is 0 Å². The molecule has 0 spiro atoms. The molecule has 1 aromatic carbocycles. The van der Waals surface area contributed by atoms with Crippen LogP contribution in [0.1, 0.15) is 33.7 Å². The van der Waals surface area contributed by atoms with Gasteiger partial charge in [0, 0.05) is 18.5 Å². The van der Waals surface area contributed by atoms with E-state index in [2.05, 4.69) is 5.32 Å². The summed E-state index contributed by atoms with van der Waals surface area (Å²) < 4.78 is 5.24. The van der Waals surface area contributed by atoms with Crippen LogP contribution in [0.25, 0.3) is 0 Å². The molecule has 1 aromatic heterocycles. The predicted octanol–water partition coefficient (Wildman–Crippen LogP) is 3.26. The Morgan fingerprint density at radius 3 is 2.79 bits per heavy atom. The summed E-state index contributed by atoms with van der Waals surface area (Å²) in [4.78, 5) is 12.0. The van der Waals surface area contributed by atoms with Crippen LogP contribution in [0.3, 0.4) is 0 Å². The van der Waals surface area contributed by atoms with Gasteiger partial charge in [-0.3, -0.25) is 4.79 Å². The molecule has 1 heterocycles. The number of rotatable bonds is 5. The normalized spacial score (nSPS) is 10.4. The topological polar surface area (TPSA) is 42.2 Å². The number of benzene rings is 1. The van der Waals surface area contributed by atoms with Gasteiger partial charge in [-0.05, 0) is 44.0 Å². The highest BCUT2D eigenvalue weighted by molar-refractivity contribution is 5.95. The third-order valence-corrected chi connectivity index (χ3v) is 3.09. The van der Waals surface area contributed by atoms with Gasteiger partial charge in [-0.2, -0.15) is 0 Å². The van der Waals surface area contributed by atoms with Crippen molar-refractivity contribution in [3.63, 3.8) is 0 Å². The summed E-state index contributed by atoms with van der Waals surface area (Å²) in [5, 5.41) is 2.94. The molecule has 1 amide bonds. The van der Waals surface area contributed by atoms with Crippen molar-refractivity contribution in [2.24, 2.45) is 0 Å². The van der Waals surface area contributed by atoms with Crippen LogP contribution in [0.15, 0.2) is 41.0 Å². The lowest BCUT2D eigenvalue weighted by Gasteiger charge is -2.08. The van der Waals surface area contributed by atoms with Crippen LogP contribution in [0.5, 0.6) is 0 Å². The predicted molar refractivity (Wildman–Crippen MR) is 75.3 cm³/mol. The Hall–Kier alpha value is -2.03. The summed E-state index contributed by atoms with van der Waals surface area (Å²) in [5.74, 6) is 0.956. The van der Waals surface area contributed by atoms with E-state index in [0.29, 0.717) is 6.54 Å². The van der Waals surface area contributed by atoms with Crippen molar-refractivity contribution in [1.82, 2.24) is 5.32 Å². The largest absolute Gasteiger partial charge is 0.469 e. The molecule has 0 fully saturated rings. The minimum absolute atomic E-state index is 0.00283. The molecule has 0 unspecified atom stereocenters. The van der Waals surface area contributed by atoms with Gasteiger partial charge in [0.2, 0.25) is 0 Å². The maximum atomic E-state index is 12.0. The number of furan rings is 1. The van der Waals surface area contributed by atoms with Crippen molar-refractivity contribution in [2.45, 2.75) is 26.7 Å². The van der Waals surface area contributed by atoms with Crippen molar-refractivity contribution in [3.8, 4) is 0 Å². The molecule has 2 rings (SSSR count). The SMILES string of the molecule is Cc1ccc(C(=O)NCCCc2ccco2)c(C)c1. The van der Waals surface area contributed by atoms with E-state index in [4.69, 9.17) is 4.42 Å². The third kappa shape index (κ3) is 3.71. The Morgan fingerprint density at radius 1 is 1.26 bits per heavy atom. The molecule has 0 saturated heterocycles. The van der Waals surface area contributed by atoms with E-state index in [1.807, 2.05) is 44.2 Å². The quantitative estimate of drug-likeness (QED) is 0.835. The third-order valence-electron chi connectivity index (χ3n) is 3.09. The summed E-state index contributed by atoms with van der Waals surface area (Å²) in [6, 6.07) is 9.70.